The Bertz CT molecular complexity index is 587. The van der Waals surface area contributed by atoms with E-state index >= 15 is 0 Å². The molecule has 0 bridgehead atoms. The van der Waals surface area contributed by atoms with Gasteiger partial charge in [-0.1, -0.05) is 13.8 Å². The molecule has 6 heteroatoms. The highest BCUT2D eigenvalue weighted by atomic mass is 16.2. The highest BCUT2D eigenvalue weighted by Gasteiger charge is 2.20. The van der Waals surface area contributed by atoms with Gasteiger partial charge in [0.25, 0.3) is 0 Å². The normalized spacial score (nSPS) is 11.6. The first kappa shape index (κ1) is 20.8. The topological polar surface area (TPSA) is 64.7 Å². The average Bonchev–Trinajstić information content (AvgIpc) is 2.58. The summed E-state index contributed by atoms with van der Waals surface area (Å²) < 4.78 is 0. The summed E-state index contributed by atoms with van der Waals surface area (Å²) in [6, 6.07) is 5.74. The molecule has 0 saturated heterocycles. The van der Waals surface area contributed by atoms with Crippen molar-refractivity contribution in [2.75, 3.05) is 30.9 Å². The Balaban J connectivity index is 3.15. The van der Waals surface area contributed by atoms with Gasteiger partial charge in [0.1, 0.15) is 0 Å². The maximum Gasteiger partial charge on any atom is 0.319 e. The molecule has 0 saturated carbocycles. The fraction of sp³-hybridized carbons (Fsp3) is 0.579. The Morgan fingerprint density at radius 3 is 2.36 bits per heavy atom. The number of benzene rings is 1. The van der Waals surface area contributed by atoms with Gasteiger partial charge < -0.3 is 20.4 Å². The molecule has 1 rings (SSSR count). The van der Waals surface area contributed by atoms with Crippen molar-refractivity contribution in [3.05, 3.63) is 23.8 Å². The van der Waals surface area contributed by atoms with E-state index in [0.717, 1.165) is 23.4 Å². The second kappa shape index (κ2) is 9.91. The van der Waals surface area contributed by atoms with Crippen molar-refractivity contribution in [1.29, 1.82) is 0 Å². The van der Waals surface area contributed by atoms with Crippen molar-refractivity contribution < 1.29 is 9.59 Å². The van der Waals surface area contributed by atoms with E-state index < -0.39 is 0 Å². The van der Waals surface area contributed by atoms with Gasteiger partial charge in [-0.15, -0.1) is 0 Å². The van der Waals surface area contributed by atoms with Gasteiger partial charge in [0, 0.05) is 51.0 Å². The van der Waals surface area contributed by atoms with Crippen LogP contribution in [0.5, 0.6) is 0 Å². The van der Waals surface area contributed by atoms with E-state index in [1.54, 1.807) is 0 Å². The van der Waals surface area contributed by atoms with E-state index in [1.165, 1.54) is 0 Å². The number of hydrogen-bond acceptors (Lipinski definition) is 3. The van der Waals surface area contributed by atoms with Crippen molar-refractivity contribution in [2.45, 2.75) is 53.1 Å². The van der Waals surface area contributed by atoms with Gasteiger partial charge in [0.2, 0.25) is 5.91 Å². The molecule has 0 unspecified atom stereocenters. The maximum absolute atomic E-state index is 12.4. The number of hydrogen-bond donors (Lipinski definition) is 2. The van der Waals surface area contributed by atoms with E-state index in [1.807, 2.05) is 55.9 Å². The van der Waals surface area contributed by atoms with Gasteiger partial charge in [0.05, 0.1) is 0 Å². The van der Waals surface area contributed by atoms with Crippen LogP contribution in [0.1, 0.15) is 46.1 Å². The fourth-order valence-electron chi connectivity index (χ4n) is 2.66. The van der Waals surface area contributed by atoms with E-state index in [0.29, 0.717) is 19.5 Å². The zero-order chi connectivity index (χ0) is 19.0. The van der Waals surface area contributed by atoms with Crippen molar-refractivity contribution in [3.8, 4) is 0 Å². The lowest BCUT2D eigenvalue weighted by Gasteiger charge is -2.30. The molecular formula is C19H32N4O2. The molecule has 1 aromatic carbocycles. The third-order valence-electron chi connectivity index (χ3n) is 4.24. The third kappa shape index (κ3) is 5.96. The van der Waals surface area contributed by atoms with Crippen LogP contribution in [0.3, 0.4) is 0 Å². The molecule has 2 N–H and O–H groups in total. The lowest BCUT2D eigenvalue weighted by atomic mass is 10.1. The number of nitrogens with zero attached hydrogens (tertiary/aromatic N) is 2. The summed E-state index contributed by atoms with van der Waals surface area (Å²) in [7, 11) is 3.95. The van der Waals surface area contributed by atoms with Crippen LogP contribution in [-0.2, 0) is 11.3 Å². The lowest BCUT2D eigenvalue weighted by Crippen LogP contribution is -2.37. The Morgan fingerprint density at radius 1 is 1.16 bits per heavy atom. The molecule has 1 atom stereocenters. The van der Waals surface area contributed by atoms with Crippen molar-refractivity contribution in [3.63, 3.8) is 0 Å². The molecule has 0 aromatic heterocycles. The Kier molecular flexibility index (Phi) is 8.25. The predicted octanol–water partition coefficient (Wildman–Crippen LogP) is 3.43. The molecule has 140 valence electrons. The van der Waals surface area contributed by atoms with Crippen LogP contribution in [0.25, 0.3) is 0 Å². The van der Waals surface area contributed by atoms with Gasteiger partial charge in [0.15, 0.2) is 0 Å². The zero-order valence-electron chi connectivity index (χ0n) is 16.3. The molecule has 1 aromatic rings. The largest absolute Gasteiger partial charge is 0.377 e. The zero-order valence-corrected chi connectivity index (χ0v) is 16.3. The highest BCUT2D eigenvalue weighted by molar-refractivity contribution is 5.89. The van der Waals surface area contributed by atoms with Gasteiger partial charge in [-0.25, -0.2) is 4.79 Å². The van der Waals surface area contributed by atoms with E-state index in [-0.39, 0.29) is 18.0 Å². The SMILES string of the molecule is CCNC(=O)Nc1ccc(N(C)C)c(CN(C(=O)CC)[C@H](C)CC)c1. The molecule has 0 aliphatic heterocycles. The minimum atomic E-state index is -0.227. The van der Waals surface area contributed by atoms with Gasteiger partial charge in [-0.2, -0.15) is 0 Å². The van der Waals surface area contributed by atoms with Crippen LogP contribution >= 0.6 is 0 Å². The van der Waals surface area contributed by atoms with Gasteiger partial charge in [-0.3, -0.25) is 4.79 Å². The second-order valence-corrected chi connectivity index (χ2v) is 6.35. The first-order valence-electron chi connectivity index (χ1n) is 8.98. The quantitative estimate of drug-likeness (QED) is 0.756. The van der Waals surface area contributed by atoms with Crippen LogP contribution in [-0.4, -0.2) is 43.5 Å². The summed E-state index contributed by atoms with van der Waals surface area (Å²) >= 11 is 0. The number of carbonyl (C=O) groups excluding carboxylic acids is 2. The van der Waals surface area contributed by atoms with Crippen LogP contribution in [0.2, 0.25) is 0 Å². The van der Waals surface area contributed by atoms with Crippen LogP contribution in [0.4, 0.5) is 16.2 Å². The standard InChI is InChI=1S/C19H32N4O2/c1-7-14(4)23(18(24)8-2)13-15-12-16(21-19(25)20-9-3)10-11-17(15)22(5)6/h10-12,14H,7-9,13H2,1-6H3,(H2,20,21,25)/t14-/m1/s1. The summed E-state index contributed by atoms with van der Waals surface area (Å²) in [6.07, 6.45) is 1.39. The van der Waals surface area contributed by atoms with Gasteiger partial charge in [-0.05, 0) is 44.0 Å². The minimum absolute atomic E-state index is 0.140. The number of amides is 3. The lowest BCUT2D eigenvalue weighted by molar-refractivity contribution is -0.133. The molecule has 0 fully saturated rings. The summed E-state index contributed by atoms with van der Waals surface area (Å²) in [4.78, 5) is 28.1. The molecule has 25 heavy (non-hydrogen) atoms. The summed E-state index contributed by atoms with van der Waals surface area (Å²) in [5.41, 5.74) is 2.78. The van der Waals surface area contributed by atoms with Crippen LogP contribution in [0.15, 0.2) is 18.2 Å². The Labute approximate surface area is 151 Å². The van der Waals surface area contributed by atoms with Crippen molar-refractivity contribution in [1.82, 2.24) is 10.2 Å². The minimum Gasteiger partial charge on any atom is -0.377 e. The monoisotopic (exact) mass is 348 g/mol. The highest BCUT2D eigenvalue weighted by Crippen LogP contribution is 2.26. The first-order valence-corrected chi connectivity index (χ1v) is 8.98. The van der Waals surface area contributed by atoms with Crippen LogP contribution in [0, 0.1) is 0 Å². The van der Waals surface area contributed by atoms with E-state index in [9.17, 15) is 9.59 Å². The Morgan fingerprint density at radius 2 is 1.84 bits per heavy atom. The second-order valence-electron chi connectivity index (χ2n) is 6.35. The summed E-state index contributed by atoms with van der Waals surface area (Å²) in [5.74, 6) is 0.140. The van der Waals surface area contributed by atoms with Gasteiger partial charge >= 0.3 is 6.03 Å². The predicted molar refractivity (Wildman–Crippen MR) is 104 cm³/mol. The number of rotatable bonds is 8. The fourth-order valence-corrected chi connectivity index (χ4v) is 2.66. The molecule has 3 amide bonds. The summed E-state index contributed by atoms with van der Waals surface area (Å²) in [5, 5.41) is 5.56. The molecule has 0 aliphatic carbocycles. The number of carbonyl (C=O) groups is 2. The molecule has 0 aliphatic rings. The molecule has 0 radical (unpaired) electrons. The average molecular weight is 348 g/mol. The van der Waals surface area contributed by atoms with Crippen molar-refractivity contribution in [2.24, 2.45) is 0 Å². The summed E-state index contributed by atoms with van der Waals surface area (Å²) in [6.45, 7) is 9.01. The maximum atomic E-state index is 12.4. The molecule has 6 nitrogen and oxygen atoms in total. The number of anilines is 2. The number of urea groups is 1. The third-order valence-corrected chi connectivity index (χ3v) is 4.24. The first-order chi connectivity index (χ1) is 11.8. The van der Waals surface area contributed by atoms with Crippen LogP contribution < -0.4 is 15.5 Å². The van der Waals surface area contributed by atoms with E-state index in [4.69, 9.17) is 0 Å². The van der Waals surface area contributed by atoms with E-state index in [2.05, 4.69) is 24.5 Å². The number of nitrogens with one attached hydrogen (secondary N) is 2. The molecular weight excluding hydrogens is 316 g/mol. The smallest absolute Gasteiger partial charge is 0.319 e. The van der Waals surface area contributed by atoms with Crippen molar-refractivity contribution >= 4 is 23.3 Å². The Hall–Kier alpha value is -2.24. The molecule has 0 heterocycles. The molecule has 0 spiro atoms.